The van der Waals surface area contributed by atoms with E-state index in [0.717, 1.165) is 43.2 Å². The molecule has 1 aliphatic carbocycles. The van der Waals surface area contributed by atoms with Gasteiger partial charge in [-0.05, 0) is 80.7 Å². The van der Waals surface area contributed by atoms with Crippen molar-refractivity contribution in [1.29, 1.82) is 0 Å². The smallest absolute Gasteiger partial charge is 0.258 e. The van der Waals surface area contributed by atoms with Gasteiger partial charge in [0.1, 0.15) is 5.82 Å². The van der Waals surface area contributed by atoms with Crippen LogP contribution in [0.5, 0.6) is 0 Å². The van der Waals surface area contributed by atoms with Crippen LogP contribution in [-0.2, 0) is 5.41 Å². The van der Waals surface area contributed by atoms with Gasteiger partial charge in [0.15, 0.2) is 0 Å². The van der Waals surface area contributed by atoms with E-state index in [0.29, 0.717) is 22.2 Å². The maximum absolute atomic E-state index is 14.1. The number of fused-ring (bicyclic) bond motifs is 2. The third kappa shape index (κ3) is 3.12. The molecule has 3 aliphatic rings. The summed E-state index contributed by atoms with van der Waals surface area (Å²) in [6, 6.07) is 10.4. The Hall–Kier alpha value is -1.62. The highest BCUT2D eigenvalue weighted by atomic mass is 35.5. The minimum absolute atomic E-state index is 0.140. The van der Waals surface area contributed by atoms with E-state index >= 15 is 0 Å². The van der Waals surface area contributed by atoms with E-state index in [1.807, 2.05) is 0 Å². The van der Waals surface area contributed by atoms with E-state index in [-0.39, 0.29) is 17.1 Å². The van der Waals surface area contributed by atoms with Crippen LogP contribution in [0.2, 0.25) is 10.0 Å². The highest BCUT2D eigenvalue weighted by Gasteiger charge is 2.48. The second kappa shape index (κ2) is 6.72. The van der Waals surface area contributed by atoms with E-state index in [2.05, 4.69) is 4.90 Å². The average Bonchev–Trinajstić information content (AvgIpc) is 3.46. The van der Waals surface area contributed by atoms with Crippen molar-refractivity contribution in [3.8, 4) is 0 Å². The van der Waals surface area contributed by atoms with Gasteiger partial charge >= 0.3 is 0 Å². The summed E-state index contributed by atoms with van der Waals surface area (Å²) in [5.74, 6) is -0.387. The molecule has 5 rings (SSSR count). The first-order valence-corrected chi connectivity index (χ1v) is 10.5. The summed E-state index contributed by atoms with van der Waals surface area (Å²) < 4.78 is 14.1. The summed E-state index contributed by atoms with van der Waals surface area (Å²) >= 11 is 12.2. The van der Waals surface area contributed by atoms with E-state index < -0.39 is 0 Å². The summed E-state index contributed by atoms with van der Waals surface area (Å²) in [6.07, 6.45) is 4.47. The van der Waals surface area contributed by atoms with E-state index in [1.165, 1.54) is 18.9 Å². The standard InChI is InChI=1S/C22H21Cl2FN2O/c23-15-9-14(10-16(24)11-15)21(28)27-13-22(19-12-17(25)1-4-20(19)27)5-7-26(8-6-22)18-2-3-18/h1,4,9-12,18H,2-3,5-8,13H2. The molecule has 0 N–H and O–H groups in total. The first-order valence-electron chi connectivity index (χ1n) is 9.77. The zero-order valence-electron chi connectivity index (χ0n) is 15.4. The lowest BCUT2D eigenvalue weighted by atomic mass is 9.74. The molecule has 1 saturated heterocycles. The summed E-state index contributed by atoms with van der Waals surface area (Å²) in [7, 11) is 0. The molecule has 2 aromatic carbocycles. The number of hydrogen-bond acceptors (Lipinski definition) is 2. The number of carbonyl (C=O) groups excluding carboxylic acids is 1. The Kier molecular flexibility index (Phi) is 4.42. The Morgan fingerprint density at radius 3 is 2.36 bits per heavy atom. The van der Waals surface area contributed by atoms with Crippen LogP contribution in [0.3, 0.4) is 0 Å². The second-order valence-electron chi connectivity index (χ2n) is 8.26. The summed E-state index contributed by atoms with van der Waals surface area (Å²) in [6.45, 7) is 2.59. The molecule has 28 heavy (non-hydrogen) atoms. The maximum Gasteiger partial charge on any atom is 0.258 e. The molecule has 6 heteroatoms. The normalized spacial score (nSPS) is 21.2. The molecule has 0 bridgehead atoms. The molecule has 0 unspecified atom stereocenters. The van der Waals surface area contributed by atoms with Crippen LogP contribution in [-0.4, -0.2) is 36.5 Å². The first kappa shape index (κ1) is 18.4. The summed E-state index contributed by atoms with van der Waals surface area (Å²) in [5, 5.41) is 0.865. The Balaban J connectivity index is 1.50. The Morgan fingerprint density at radius 1 is 1.04 bits per heavy atom. The lowest BCUT2D eigenvalue weighted by molar-refractivity contribution is 0.0975. The molecule has 3 nitrogen and oxygen atoms in total. The van der Waals surface area contributed by atoms with Crippen molar-refractivity contribution in [2.24, 2.45) is 0 Å². The predicted octanol–water partition coefficient (Wildman–Crippen LogP) is 5.29. The van der Waals surface area contributed by atoms with Crippen molar-refractivity contribution >= 4 is 34.8 Å². The molecule has 146 valence electrons. The molecular weight excluding hydrogens is 398 g/mol. The van der Waals surface area contributed by atoms with Gasteiger partial charge in [0.25, 0.3) is 5.91 Å². The minimum Gasteiger partial charge on any atom is -0.307 e. The number of carbonyl (C=O) groups is 1. The quantitative estimate of drug-likeness (QED) is 0.661. The van der Waals surface area contributed by atoms with Crippen LogP contribution in [0.25, 0.3) is 0 Å². The Bertz CT molecular complexity index is 931. The molecule has 0 radical (unpaired) electrons. The van der Waals surface area contributed by atoms with Crippen molar-refractivity contribution in [2.45, 2.75) is 37.1 Å². The molecule has 2 aliphatic heterocycles. The topological polar surface area (TPSA) is 23.6 Å². The monoisotopic (exact) mass is 418 g/mol. The van der Waals surface area contributed by atoms with Crippen molar-refractivity contribution in [3.05, 3.63) is 63.4 Å². The molecule has 2 heterocycles. The highest BCUT2D eigenvalue weighted by molar-refractivity contribution is 6.35. The zero-order chi connectivity index (χ0) is 19.5. The van der Waals surface area contributed by atoms with E-state index in [4.69, 9.17) is 23.2 Å². The fraction of sp³-hybridized carbons (Fsp3) is 0.409. The number of nitrogens with zero attached hydrogens (tertiary/aromatic N) is 2. The van der Waals surface area contributed by atoms with Crippen molar-refractivity contribution in [3.63, 3.8) is 0 Å². The number of likely N-dealkylation sites (tertiary alicyclic amines) is 1. The van der Waals surface area contributed by atoms with Gasteiger partial charge in [0.05, 0.1) is 0 Å². The fourth-order valence-electron chi connectivity index (χ4n) is 4.84. The average molecular weight is 419 g/mol. The number of hydrogen-bond donors (Lipinski definition) is 0. The minimum atomic E-state index is -0.247. The number of piperidine rings is 1. The number of benzene rings is 2. The largest absolute Gasteiger partial charge is 0.307 e. The van der Waals surface area contributed by atoms with Gasteiger partial charge in [-0.2, -0.15) is 0 Å². The van der Waals surface area contributed by atoms with E-state index in [1.54, 1.807) is 35.2 Å². The van der Waals surface area contributed by atoms with Crippen LogP contribution in [0.1, 0.15) is 41.6 Å². The van der Waals surface area contributed by atoms with Crippen LogP contribution < -0.4 is 4.90 Å². The zero-order valence-corrected chi connectivity index (χ0v) is 16.9. The van der Waals surface area contributed by atoms with Crippen molar-refractivity contribution < 1.29 is 9.18 Å². The second-order valence-corrected chi connectivity index (χ2v) is 9.13. The highest BCUT2D eigenvalue weighted by Crippen LogP contribution is 2.48. The fourth-order valence-corrected chi connectivity index (χ4v) is 5.37. The van der Waals surface area contributed by atoms with Gasteiger partial charge in [-0.3, -0.25) is 4.79 Å². The number of anilines is 1. The molecule has 0 atom stereocenters. The molecule has 1 spiro atoms. The van der Waals surface area contributed by atoms with E-state index in [9.17, 15) is 9.18 Å². The van der Waals surface area contributed by atoms with Crippen molar-refractivity contribution in [2.75, 3.05) is 24.5 Å². The molecular formula is C22H21Cl2FN2O. The molecule has 2 fully saturated rings. The maximum atomic E-state index is 14.1. The van der Waals surface area contributed by atoms with Crippen molar-refractivity contribution in [1.82, 2.24) is 4.90 Å². The van der Waals surface area contributed by atoms with Gasteiger partial charge in [-0.15, -0.1) is 0 Å². The molecule has 2 aromatic rings. The van der Waals surface area contributed by atoms with Gasteiger partial charge in [0, 0.05) is 39.3 Å². The summed E-state index contributed by atoms with van der Waals surface area (Å²) in [5.41, 5.74) is 2.05. The molecule has 0 aromatic heterocycles. The molecule has 1 saturated carbocycles. The third-order valence-corrected chi connectivity index (χ3v) is 6.89. The van der Waals surface area contributed by atoms with Crippen LogP contribution in [0.4, 0.5) is 10.1 Å². The lowest BCUT2D eigenvalue weighted by Gasteiger charge is -2.40. The van der Waals surface area contributed by atoms with Gasteiger partial charge in [-0.25, -0.2) is 4.39 Å². The Labute approximate surface area is 174 Å². The third-order valence-electron chi connectivity index (χ3n) is 6.45. The lowest BCUT2D eigenvalue weighted by Crippen LogP contribution is -2.46. The Morgan fingerprint density at radius 2 is 1.71 bits per heavy atom. The SMILES string of the molecule is O=C(c1cc(Cl)cc(Cl)c1)N1CC2(CCN(C3CC3)CC2)c2cc(F)ccc21. The number of halogens is 3. The first-order chi connectivity index (χ1) is 13.4. The van der Waals surface area contributed by atoms with Gasteiger partial charge in [0.2, 0.25) is 0 Å². The van der Waals surface area contributed by atoms with Gasteiger partial charge < -0.3 is 9.80 Å². The summed E-state index contributed by atoms with van der Waals surface area (Å²) in [4.78, 5) is 17.6. The van der Waals surface area contributed by atoms with Crippen LogP contribution >= 0.6 is 23.2 Å². The van der Waals surface area contributed by atoms with Crippen LogP contribution in [0, 0.1) is 5.82 Å². The van der Waals surface area contributed by atoms with Gasteiger partial charge in [-0.1, -0.05) is 23.2 Å². The number of amides is 1. The molecule has 1 amide bonds. The number of rotatable bonds is 2. The van der Waals surface area contributed by atoms with Crippen LogP contribution in [0.15, 0.2) is 36.4 Å². The predicted molar refractivity (Wildman–Crippen MR) is 110 cm³/mol.